The normalized spacial score (nSPS) is 10.9. The maximum absolute atomic E-state index is 5.67. The highest BCUT2D eigenvalue weighted by atomic mass is 16.5. The van der Waals surface area contributed by atoms with Gasteiger partial charge in [0.15, 0.2) is 5.88 Å². The fourth-order valence-corrected chi connectivity index (χ4v) is 1.50. The van der Waals surface area contributed by atoms with Gasteiger partial charge < -0.3 is 20.5 Å². The monoisotopic (exact) mass is 264 g/mol. The molecule has 0 aromatic heterocycles. The number of nitrogens with two attached hydrogens (primary N) is 1. The van der Waals surface area contributed by atoms with Crippen molar-refractivity contribution in [3.8, 4) is 5.75 Å². The van der Waals surface area contributed by atoms with Crippen LogP contribution >= 0.6 is 0 Å². The van der Waals surface area contributed by atoms with Crippen LogP contribution in [-0.4, -0.2) is 18.8 Å². The summed E-state index contributed by atoms with van der Waals surface area (Å²) in [4.78, 5) is 0. The first-order valence-electron chi connectivity index (χ1n) is 6.47. The molecule has 1 rings (SSSR count). The molecule has 106 valence electrons. The standard InChI is InChI=1S/C15H24N2O2/c1-12(19-15(2,3)4)17-9-6-10-18-14-8-5-7-13(16)11-14/h5,7-8,11,17H,1,6,9-10,16H2,2-4H3. The fraction of sp³-hybridized carbons (Fsp3) is 0.467. The number of rotatable bonds is 7. The number of hydrogen-bond acceptors (Lipinski definition) is 4. The fourth-order valence-electron chi connectivity index (χ4n) is 1.50. The SMILES string of the molecule is C=C(NCCCOc1cccc(N)c1)OC(C)(C)C. The van der Waals surface area contributed by atoms with Crippen LogP contribution in [-0.2, 0) is 4.74 Å². The smallest absolute Gasteiger partial charge is 0.179 e. The summed E-state index contributed by atoms with van der Waals surface area (Å²) in [6.45, 7) is 11.2. The van der Waals surface area contributed by atoms with E-state index in [1.54, 1.807) is 0 Å². The molecular weight excluding hydrogens is 240 g/mol. The summed E-state index contributed by atoms with van der Waals surface area (Å²) in [6.07, 6.45) is 0.862. The largest absolute Gasteiger partial charge is 0.493 e. The Kier molecular flexibility index (Phi) is 5.55. The van der Waals surface area contributed by atoms with Crippen molar-refractivity contribution in [1.82, 2.24) is 5.32 Å². The molecule has 0 amide bonds. The third-order valence-electron chi connectivity index (χ3n) is 2.20. The topological polar surface area (TPSA) is 56.5 Å². The Bertz CT molecular complexity index is 411. The van der Waals surface area contributed by atoms with Crippen LogP contribution in [0.25, 0.3) is 0 Å². The second-order valence-corrected chi connectivity index (χ2v) is 5.34. The van der Waals surface area contributed by atoms with E-state index >= 15 is 0 Å². The highest BCUT2D eigenvalue weighted by Gasteiger charge is 2.11. The van der Waals surface area contributed by atoms with Crippen molar-refractivity contribution >= 4 is 5.69 Å². The zero-order valence-electron chi connectivity index (χ0n) is 12.0. The third-order valence-corrected chi connectivity index (χ3v) is 2.20. The molecule has 0 fully saturated rings. The van der Waals surface area contributed by atoms with Crippen molar-refractivity contribution in [2.24, 2.45) is 0 Å². The van der Waals surface area contributed by atoms with Crippen LogP contribution in [0.4, 0.5) is 5.69 Å². The molecule has 0 heterocycles. The van der Waals surface area contributed by atoms with Crippen molar-refractivity contribution in [2.75, 3.05) is 18.9 Å². The number of hydrogen-bond donors (Lipinski definition) is 2. The van der Waals surface area contributed by atoms with Gasteiger partial charge in [0.05, 0.1) is 6.61 Å². The van der Waals surface area contributed by atoms with E-state index in [4.69, 9.17) is 15.2 Å². The van der Waals surface area contributed by atoms with Gasteiger partial charge in [0.2, 0.25) is 0 Å². The number of nitrogens with one attached hydrogen (secondary N) is 1. The summed E-state index contributed by atoms with van der Waals surface area (Å²) >= 11 is 0. The molecule has 0 aliphatic carbocycles. The molecule has 1 aromatic carbocycles. The maximum atomic E-state index is 5.67. The average molecular weight is 264 g/mol. The molecule has 19 heavy (non-hydrogen) atoms. The van der Waals surface area contributed by atoms with Gasteiger partial charge in [0.25, 0.3) is 0 Å². The molecule has 0 saturated heterocycles. The number of nitrogen functional groups attached to an aromatic ring is 1. The van der Waals surface area contributed by atoms with Crippen LogP contribution in [0.5, 0.6) is 5.75 Å². The molecule has 0 atom stereocenters. The van der Waals surface area contributed by atoms with E-state index in [2.05, 4.69) is 11.9 Å². The molecule has 0 spiro atoms. The molecule has 0 saturated carbocycles. The van der Waals surface area contributed by atoms with Gasteiger partial charge in [-0.25, -0.2) is 0 Å². The molecule has 0 aliphatic rings. The molecule has 0 aliphatic heterocycles. The van der Waals surface area contributed by atoms with Gasteiger partial charge in [-0.3, -0.25) is 0 Å². The van der Waals surface area contributed by atoms with E-state index in [9.17, 15) is 0 Å². The molecule has 4 nitrogen and oxygen atoms in total. The molecule has 0 unspecified atom stereocenters. The van der Waals surface area contributed by atoms with Crippen molar-refractivity contribution < 1.29 is 9.47 Å². The summed E-state index contributed by atoms with van der Waals surface area (Å²) in [5.74, 6) is 1.39. The van der Waals surface area contributed by atoms with E-state index in [0.29, 0.717) is 18.2 Å². The highest BCUT2D eigenvalue weighted by Crippen LogP contribution is 2.14. The lowest BCUT2D eigenvalue weighted by molar-refractivity contribution is 0.0413. The van der Waals surface area contributed by atoms with Gasteiger partial charge in [-0.2, -0.15) is 0 Å². The van der Waals surface area contributed by atoms with Gasteiger partial charge in [0, 0.05) is 18.3 Å². The quantitative estimate of drug-likeness (QED) is 0.451. The number of anilines is 1. The molecule has 1 aromatic rings. The first-order valence-corrected chi connectivity index (χ1v) is 6.47. The molecule has 0 radical (unpaired) electrons. The minimum atomic E-state index is -0.220. The van der Waals surface area contributed by atoms with Crippen LogP contribution in [0.15, 0.2) is 36.7 Å². The van der Waals surface area contributed by atoms with Gasteiger partial charge in [0.1, 0.15) is 11.4 Å². The third kappa shape index (κ3) is 7.24. The Morgan fingerprint density at radius 1 is 1.37 bits per heavy atom. The molecule has 0 bridgehead atoms. The summed E-state index contributed by atoms with van der Waals surface area (Å²) in [7, 11) is 0. The molecular formula is C15H24N2O2. The first kappa shape index (κ1) is 15.2. The van der Waals surface area contributed by atoms with E-state index in [0.717, 1.165) is 18.7 Å². The van der Waals surface area contributed by atoms with Gasteiger partial charge in [-0.05, 0) is 45.9 Å². The summed E-state index contributed by atoms with van der Waals surface area (Å²) in [5.41, 5.74) is 6.16. The van der Waals surface area contributed by atoms with E-state index < -0.39 is 0 Å². The maximum Gasteiger partial charge on any atom is 0.179 e. The van der Waals surface area contributed by atoms with Gasteiger partial charge in [-0.15, -0.1) is 0 Å². The van der Waals surface area contributed by atoms with E-state index in [1.807, 2.05) is 45.0 Å². The van der Waals surface area contributed by atoms with Gasteiger partial charge in [-0.1, -0.05) is 6.07 Å². The summed E-state index contributed by atoms with van der Waals surface area (Å²) < 4.78 is 11.1. The van der Waals surface area contributed by atoms with Crippen LogP contribution in [0.3, 0.4) is 0 Å². The molecule has 3 N–H and O–H groups in total. The van der Waals surface area contributed by atoms with Crippen molar-refractivity contribution in [1.29, 1.82) is 0 Å². The van der Waals surface area contributed by atoms with Crippen molar-refractivity contribution in [3.63, 3.8) is 0 Å². The predicted octanol–water partition coefficient (Wildman–Crippen LogP) is 2.91. The highest BCUT2D eigenvalue weighted by molar-refractivity contribution is 5.43. The Morgan fingerprint density at radius 2 is 2.11 bits per heavy atom. The van der Waals surface area contributed by atoms with Gasteiger partial charge >= 0.3 is 0 Å². The lowest BCUT2D eigenvalue weighted by Crippen LogP contribution is -2.26. The Hall–Kier alpha value is -1.84. The van der Waals surface area contributed by atoms with Crippen LogP contribution in [0.1, 0.15) is 27.2 Å². The summed E-state index contributed by atoms with van der Waals surface area (Å²) in [6, 6.07) is 7.42. The number of ether oxygens (including phenoxy) is 2. The van der Waals surface area contributed by atoms with E-state index in [1.165, 1.54) is 0 Å². The second-order valence-electron chi connectivity index (χ2n) is 5.34. The Balaban J connectivity index is 2.13. The first-order chi connectivity index (χ1) is 8.87. The zero-order valence-corrected chi connectivity index (χ0v) is 12.0. The predicted molar refractivity (Wildman–Crippen MR) is 78.9 cm³/mol. The lowest BCUT2D eigenvalue weighted by Gasteiger charge is -2.23. The lowest BCUT2D eigenvalue weighted by atomic mass is 10.2. The summed E-state index contributed by atoms with van der Waals surface area (Å²) in [5, 5.41) is 3.12. The van der Waals surface area contributed by atoms with E-state index in [-0.39, 0.29) is 5.60 Å². The number of benzene rings is 1. The zero-order chi connectivity index (χ0) is 14.3. The van der Waals surface area contributed by atoms with Crippen molar-refractivity contribution in [3.05, 3.63) is 36.7 Å². The van der Waals surface area contributed by atoms with Crippen molar-refractivity contribution in [2.45, 2.75) is 32.8 Å². The van der Waals surface area contributed by atoms with Crippen LogP contribution in [0, 0.1) is 0 Å². The molecule has 4 heteroatoms. The Labute approximate surface area is 115 Å². The second kappa shape index (κ2) is 6.92. The van der Waals surface area contributed by atoms with Crippen LogP contribution < -0.4 is 15.8 Å². The minimum Gasteiger partial charge on any atom is -0.493 e. The van der Waals surface area contributed by atoms with Crippen LogP contribution in [0.2, 0.25) is 0 Å². The Morgan fingerprint density at radius 3 is 2.74 bits per heavy atom. The minimum absolute atomic E-state index is 0.220. The average Bonchev–Trinajstić information content (AvgIpc) is 2.26.